The zero-order valence-corrected chi connectivity index (χ0v) is 16.2. The summed E-state index contributed by atoms with van der Waals surface area (Å²) in [6.45, 7) is 0.745. The van der Waals surface area contributed by atoms with E-state index in [4.69, 9.17) is 14.2 Å². The molecule has 1 saturated heterocycles. The SMILES string of the molecule is COc1ccc(C2CCCCCN2C(=O)c2cc(OC)cc(OC)c2)cc1. The number of benzene rings is 2. The van der Waals surface area contributed by atoms with E-state index in [-0.39, 0.29) is 11.9 Å². The monoisotopic (exact) mass is 369 g/mol. The number of hydrogen-bond acceptors (Lipinski definition) is 4. The van der Waals surface area contributed by atoms with Crippen molar-refractivity contribution in [2.24, 2.45) is 0 Å². The van der Waals surface area contributed by atoms with E-state index in [1.165, 1.54) is 0 Å². The van der Waals surface area contributed by atoms with Crippen molar-refractivity contribution in [3.05, 3.63) is 53.6 Å². The largest absolute Gasteiger partial charge is 0.497 e. The van der Waals surface area contributed by atoms with E-state index < -0.39 is 0 Å². The second-order valence-corrected chi connectivity index (χ2v) is 6.74. The van der Waals surface area contributed by atoms with Crippen LogP contribution in [0.4, 0.5) is 0 Å². The minimum Gasteiger partial charge on any atom is -0.497 e. The number of hydrogen-bond donors (Lipinski definition) is 0. The summed E-state index contributed by atoms with van der Waals surface area (Å²) < 4.78 is 15.9. The molecule has 0 radical (unpaired) electrons. The summed E-state index contributed by atoms with van der Waals surface area (Å²) in [5.74, 6) is 2.07. The van der Waals surface area contributed by atoms with E-state index in [1.54, 1.807) is 39.5 Å². The Hall–Kier alpha value is -2.69. The Morgan fingerprint density at radius 1 is 0.852 bits per heavy atom. The van der Waals surface area contributed by atoms with Gasteiger partial charge in [-0.2, -0.15) is 0 Å². The van der Waals surface area contributed by atoms with Crippen LogP contribution in [0.3, 0.4) is 0 Å². The van der Waals surface area contributed by atoms with Crippen molar-refractivity contribution in [1.29, 1.82) is 0 Å². The van der Waals surface area contributed by atoms with Gasteiger partial charge in [0.05, 0.1) is 27.4 Å². The molecule has 0 saturated carbocycles. The highest BCUT2D eigenvalue weighted by atomic mass is 16.5. The molecule has 5 heteroatoms. The number of carbonyl (C=O) groups excluding carboxylic acids is 1. The molecule has 27 heavy (non-hydrogen) atoms. The van der Waals surface area contributed by atoms with Crippen LogP contribution in [0, 0.1) is 0 Å². The number of ether oxygens (including phenoxy) is 3. The molecule has 0 aliphatic carbocycles. The highest BCUT2D eigenvalue weighted by Gasteiger charge is 2.28. The average molecular weight is 369 g/mol. The van der Waals surface area contributed by atoms with Crippen molar-refractivity contribution in [2.75, 3.05) is 27.9 Å². The number of likely N-dealkylation sites (tertiary alicyclic amines) is 1. The van der Waals surface area contributed by atoms with Gasteiger partial charge in [-0.15, -0.1) is 0 Å². The summed E-state index contributed by atoms with van der Waals surface area (Å²) >= 11 is 0. The van der Waals surface area contributed by atoms with Gasteiger partial charge in [-0.25, -0.2) is 0 Å². The molecule has 1 aliphatic rings. The maximum Gasteiger partial charge on any atom is 0.254 e. The Balaban J connectivity index is 1.93. The summed E-state index contributed by atoms with van der Waals surface area (Å²) in [4.78, 5) is 15.4. The van der Waals surface area contributed by atoms with Crippen LogP contribution in [-0.2, 0) is 0 Å². The summed E-state index contributed by atoms with van der Waals surface area (Å²) in [5.41, 5.74) is 1.73. The first kappa shape index (κ1) is 19.1. The van der Waals surface area contributed by atoms with E-state index in [0.717, 1.165) is 43.5 Å². The van der Waals surface area contributed by atoms with Gasteiger partial charge in [0, 0.05) is 18.2 Å². The van der Waals surface area contributed by atoms with E-state index in [2.05, 4.69) is 12.1 Å². The lowest BCUT2D eigenvalue weighted by atomic mass is 9.99. The van der Waals surface area contributed by atoms with E-state index in [9.17, 15) is 4.79 Å². The van der Waals surface area contributed by atoms with Crippen LogP contribution in [0.5, 0.6) is 17.2 Å². The van der Waals surface area contributed by atoms with Crippen molar-refractivity contribution in [1.82, 2.24) is 4.90 Å². The number of amides is 1. The maximum absolute atomic E-state index is 13.4. The third kappa shape index (κ3) is 4.35. The second-order valence-electron chi connectivity index (χ2n) is 6.74. The van der Waals surface area contributed by atoms with Crippen molar-refractivity contribution in [3.63, 3.8) is 0 Å². The molecule has 1 amide bonds. The fourth-order valence-corrected chi connectivity index (χ4v) is 3.62. The Morgan fingerprint density at radius 3 is 2.07 bits per heavy atom. The first-order valence-corrected chi connectivity index (χ1v) is 9.34. The number of methoxy groups -OCH3 is 3. The van der Waals surface area contributed by atoms with Gasteiger partial charge in [-0.1, -0.05) is 25.0 Å². The fourth-order valence-electron chi connectivity index (χ4n) is 3.62. The molecule has 1 unspecified atom stereocenters. The molecule has 0 N–H and O–H groups in total. The molecule has 3 rings (SSSR count). The Labute approximate surface area is 160 Å². The minimum absolute atomic E-state index is 0.00918. The highest BCUT2D eigenvalue weighted by Crippen LogP contribution is 2.33. The van der Waals surface area contributed by atoms with Gasteiger partial charge in [-0.3, -0.25) is 4.79 Å². The fraction of sp³-hybridized carbons (Fsp3) is 0.409. The molecule has 1 fully saturated rings. The highest BCUT2D eigenvalue weighted by molar-refractivity contribution is 5.95. The van der Waals surface area contributed by atoms with Crippen molar-refractivity contribution < 1.29 is 19.0 Å². The Kier molecular flexibility index (Phi) is 6.22. The van der Waals surface area contributed by atoms with Crippen LogP contribution in [0.15, 0.2) is 42.5 Å². The molecule has 1 heterocycles. The van der Waals surface area contributed by atoms with Crippen LogP contribution in [0.2, 0.25) is 0 Å². The predicted molar refractivity (Wildman–Crippen MR) is 105 cm³/mol. The topological polar surface area (TPSA) is 48.0 Å². The third-order valence-electron chi connectivity index (χ3n) is 5.11. The first-order chi connectivity index (χ1) is 13.2. The van der Waals surface area contributed by atoms with Gasteiger partial charge >= 0.3 is 0 Å². The molecule has 2 aromatic rings. The lowest BCUT2D eigenvalue weighted by Crippen LogP contribution is -2.34. The van der Waals surface area contributed by atoms with Crippen molar-refractivity contribution >= 4 is 5.91 Å². The number of nitrogens with zero attached hydrogens (tertiary/aromatic N) is 1. The molecule has 0 spiro atoms. The van der Waals surface area contributed by atoms with Crippen molar-refractivity contribution in [2.45, 2.75) is 31.7 Å². The number of carbonyl (C=O) groups is 1. The van der Waals surface area contributed by atoms with Crippen LogP contribution in [0.25, 0.3) is 0 Å². The Bertz CT molecular complexity index is 750. The Morgan fingerprint density at radius 2 is 1.48 bits per heavy atom. The molecule has 144 valence electrons. The van der Waals surface area contributed by atoms with Gasteiger partial charge < -0.3 is 19.1 Å². The van der Waals surface area contributed by atoms with Crippen LogP contribution in [0.1, 0.15) is 47.6 Å². The standard InChI is InChI=1S/C22H27NO4/c1-25-18-10-8-16(9-11-18)21-7-5-4-6-12-23(21)22(24)17-13-19(26-2)15-20(14-17)27-3/h8-11,13-15,21H,4-7,12H2,1-3H3. The molecular weight excluding hydrogens is 342 g/mol. The smallest absolute Gasteiger partial charge is 0.254 e. The van der Waals surface area contributed by atoms with Gasteiger partial charge in [-0.05, 0) is 42.7 Å². The predicted octanol–water partition coefficient (Wildman–Crippen LogP) is 4.47. The second kappa shape index (κ2) is 8.80. The zero-order valence-electron chi connectivity index (χ0n) is 16.2. The molecule has 0 aromatic heterocycles. The first-order valence-electron chi connectivity index (χ1n) is 9.34. The molecule has 1 atom stereocenters. The van der Waals surface area contributed by atoms with Gasteiger partial charge in [0.2, 0.25) is 0 Å². The average Bonchev–Trinajstić information content (AvgIpc) is 2.98. The lowest BCUT2D eigenvalue weighted by molar-refractivity contribution is 0.0680. The molecule has 5 nitrogen and oxygen atoms in total. The summed E-state index contributed by atoms with van der Waals surface area (Å²) in [7, 11) is 4.84. The zero-order chi connectivity index (χ0) is 19.2. The normalized spacial score (nSPS) is 17.1. The summed E-state index contributed by atoms with van der Waals surface area (Å²) in [5, 5.41) is 0. The minimum atomic E-state index is 0.00918. The van der Waals surface area contributed by atoms with Crippen LogP contribution in [-0.4, -0.2) is 38.7 Å². The third-order valence-corrected chi connectivity index (χ3v) is 5.11. The van der Waals surface area contributed by atoms with Gasteiger partial charge in [0.1, 0.15) is 17.2 Å². The number of rotatable bonds is 5. The maximum atomic E-state index is 13.4. The van der Waals surface area contributed by atoms with E-state index in [1.807, 2.05) is 17.0 Å². The van der Waals surface area contributed by atoms with Gasteiger partial charge in [0.15, 0.2) is 0 Å². The molecule has 0 bridgehead atoms. The molecule has 1 aliphatic heterocycles. The van der Waals surface area contributed by atoms with E-state index in [0.29, 0.717) is 17.1 Å². The van der Waals surface area contributed by atoms with Crippen molar-refractivity contribution in [3.8, 4) is 17.2 Å². The van der Waals surface area contributed by atoms with Crippen LogP contribution >= 0.6 is 0 Å². The van der Waals surface area contributed by atoms with Crippen LogP contribution < -0.4 is 14.2 Å². The quantitative estimate of drug-likeness (QED) is 0.780. The van der Waals surface area contributed by atoms with E-state index >= 15 is 0 Å². The lowest BCUT2D eigenvalue weighted by Gasteiger charge is -2.31. The summed E-state index contributed by atoms with van der Waals surface area (Å²) in [6, 6.07) is 13.4. The van der Waals surface area contributed by atoms with Gasteiger partial charge in [0.25, 0.3) is 5.91 Å². The molecular formula is C22H27NO4. The summed E-state index contributed by atoms with van der Waals surface area (Å²) in [6.07, 6.45) is 4.22. The molecule has 2 aromatic carbocycles.